The van der Waals surface area contributed by atoms with Crippen LogP contribution in [0.4, 0.5) is 0 Å². The second kappa shape index (κ2) is 4.43. The summed E-state index contributed by atoms with van der Waals surface area (Å²) in [5, 5.41) is 0.864. The summed E-state index contributed by atoms with van der Waals surface area (Å²) in [5.41, 5.74) is 5.55. The molecule has 2 unspecified atom stereocenters. The highest BCUT2D eigenvalue weighted by atomic mass is 32.2. The van der Waals surface area contributed by atoms with Crippen LogP contribution in [-0.4, -0.2) is 21.3 Å². The third kappa shape index (κ3) is 3.20. The van der Waals surface area contributed by atoms with Crippen LogP contribution in [0.5, 0.6) is 0 Å². The molecule has 0 aliphatic rings. The Balaban J connectivity index is 2.69. The highest BCUT2D eigenvalue weighted by Crippen LogP contribution is 2.18. The van der Waals surface area contributed by atoms with Gasteiger partial charge in [-0.3, -0.25) is 4.79 Å². The predicted octanol–water partition coefficient (Wildman–Crippen LogP) is 0.598. The van der Waals surface area contributed by atoms with Crippen LogP contribution >= 0.6 is 11.8 Å². The monoisotopic (exact) mass is 199 g/mol. The van der Waals surface area contributed by atoms with E-state index >= 15 is 0 Å². The van der Waals surface area contributed by atoms with Gasteiger partial charge in [-0.25, -0.2) is 4.98 Å². The zero-order valence-electron chi connectivity index (χ0n) is 7.65. The molecule has 1 aromatic rings. The van der Waals surface area contributed by atoms with Gasteiger partial charge in [0.2, 0.25) is 0 Å². The van der Waals surface area contributed by atoms with Crippen molar-refractivity contribution in [2.75, 3.05) is 0 Å². The zero-order valence-corrected chi connectivity index (χ0v) is 8.47. The Kier molecular flexibility index (Phi) is 3.50. The van der Waals surface area contributed by atoms with Gasteiger partial charge in [0.25, 0.3) is 5.56 Å². The van der Waals surface area contributed by atoms with Crippen molar-refractivity contribution in [1.29, 1.82) is 0 Å². The quantitative estimate of drug-likeness (QED) is 0.552. The van der Waals surface area contributed by atoms with Gasteiger partial charge in [-0.1, -0.05) is 18.7 Å². The predicted molar refractivity (Wildman–Crippen MR) is 53.8 cm³/mol. The van der Waals surface area contributed by atoms with Crippen LogP contribution in [0.15, 0.2) is 22.2 Å². The summed E-state index contributed by atoms with van der Waals surface area (Å²) >= 11 is 1.47. The van der Waals surface area contributed by atoms with Crippen molar-refractivity contribution in [2.24, 2.45) is 5.73 Å². The SMILES string of the molecule is CC(N)C(C)Sc1nccc(=O)[nH]1. The Morgan fingerprint density at radius 3 is 2.85 bits per heavy atom. The third-order valence-corrected chi connectivity index (χ3v) is 2.92. The van der Waals surface area contributed by atoms with E-state index in [4.69, 9.17) is 5.73 Å². The van der Waals surface area contributed by atoms with Gasteiger partial charge in [0.1, 0.15) is 0 Å². The maximum atomic E-state index is 10.9. The minimum Gasteiger partial charge on any atom is -0.327 e. The fraction of sp³-hybridized carbons (Fsp3) is 0.500. The van der Waals surface area contributed by atoms with Crippen LogP contribution < -0.4 is 11.3 Å². The number of aromatic nitrogens is 2. The number of aromatic amines is 1. The molecule has 0 saturated heterocycles. The smallest absolute Gasteiger partial charge is 0.251 e. The van der Waals surface area contributed by atoms with Crippen molar-refractivity contribution in [3.63, 3.8) is 0 Å². The summed E-state index contributed by atoms with van der Waals surface area (Å²) in [4.78, 5) is 17.5. The highest BCUT2D eigenvalue weighted by Gasteiger charge is 2.09. The van der Waals surface area contributed by atoms with Crippen molar-refractivity contribution in [2.45, 2.75) is 30.3 Å². The summed E-state index contributed by atoms with van der Waals surface area (Å²) in [7, 11) is 0. The molecule has 72 valence electrons. The molecule has 2 atom stereocenters. The molecule has 4 nitrogen and oxygen atoms in total. The lowest BCUT2D eigenvalue weighted by Gasteiger charge is -2.13. The average Bonchev–Trinajstić information content (AvgIpc) is 2.04. The molecule has 0 aliphatic heterocycles. The van der Waals surface area contributed by atoms with Crippen molar-refractivity contribution in [3.05, 3.63) is 22.6 Å². The number of H-pyrrole nitrogens is 1. The standard InChI is InChI=1S/C8H13N3OS/c1-5(9)6(2)13-8-10-4-3-7(12)11-8/h3-6H,9H2,1-2H3,(H,10,11,12). The van der Waals surface area contributed by atoms with Crippen LogP contribution in [0, 0.1) is 0 Å². The molecule has 0 saturated carbocycles. The van der Waals surface area contributed by atoms with Gasteiger partial charge in [0, 0.05) is 23.6 Å². The van der Waals surface area contributed by atoms with Gasteiger partial charge in [0.15, 0.2) is 5.16 Å². The first kappa shape index (κ1) is 10.3. The van der Waals surface area contributed by atoms with Crippen LogP contribution in [0.2, 0.25) is 0 Å². The van der Waals surface area contributed by atoms with Crippen LogP contribution in [0.1, 0.15) is 13.8 Å². The van der Waals surface area contributed by atoms with E-state index in [1.807, 2.05) is 13.8 Å². The summed E-state index contributed by atoms with van der Waals surface area (Å²) < 4.78 is 0. The fourth-order valence-electron chi connectivity index (χ4n) is 0.695. The molecule has 13 heavy (non-hydrogen) atoms. The lowest BCUT2D eigenvalue weighted by Crippen LogP contribution is -2.26. The lowest BCUT2D eigenvalue weighted by molar-refractivity contribution is 0.727. The topological polar surface area (TPSA) is 71.8 Å². The Morgan fingerprint density at radius 2 is 2.31 bits per heavy atom. The minimum atomic E-state index is -0.130. The molecule has 0 amide bonds. The van der Waals surface area contributed by atoms with E-state index in [0.29, 0.717) is 5.16 Å². The van der Waals surface area contributed by atoms with Crippen molar-refractivity contribution >= 4 is 11.8 Å². The number of rotatable bonds is 3. The fourth-order valence-corrected chi connectivity index (χ4v) is 1.54. The third-order valence-electron chi connectivity index (χ3n) is 1.69. The van der Waals surface area contributed by atoms with Gasteiger partial charge >= 0.3 is 0 Å². The second-order valence-electron chi connectivity index (χ2n) is 2.92. The summed E-state index contributed by atoms with van der Waals surface area (Å²) in [6.45, 7) is 3.93. The molecular weight excluding hydrogens is 186 g/mol. The van der Waals surface area contributed by atoms with Crippen molar-refractivity contribution in [1.82, 2.24) is 9.97 Å². The average molecular weight is 199 g/mol. The van der Waals surface area contributed by atoms with E-state index in [2.05, 4.69) is 9.97 Å². The molecule has 5 heteroatoms. The number of hydrogen-bond donors (Lipinski definition) is 2. The molecule has 0 radical (unpaired) electrons. The highest BCUT2D eigenvalue weighted by molar-refractivity contribution is 7.99. The second-order valence-corrected chi connectivity index (χ2v) is 4.29. The first-order valence-electron chi connectivity index (χ1n) is 4.07. The van der Waals surface area contributed by atoms with E-state index in [0.717, 1.165) is 0 Å². The van der Waals surface area contributed by atoms with Gasteiger partial charge in [-0.2, -0.15) is 0 Å². The molecule has 0 bridgehead atoms. The van der Waals surface area contributed by atoms with E-state index < -0.39 is 0 Å². The molecule has 0 aromatic carbocycles. The Hall–Kier alpha value is -0.810. The number of thioether (sulfide) groups is 1. The molecule has 1 heterocycles. The van der Waals surface area contributed by atoms with Crippen molar-refractivity contribution < 1.29 is 0 Å². The molecule has 1 rings (SSSR count). The zero-order chi connectivity index (χ0) is 9.84. The number of nitrogens with two attached hydrogens (primary N) is 1. The maximum absolute atomic E-state index is 10.9. The maximum Gasteiger partial charge on any atom is 0.251 e. The van der Waals surface area contributed by atoms with Crippen molar-refractivity contribution in [3.8, 4) is 0 Å². The van der Waals surface area contributed by atoms with Gasteiger partial charge in [0.05, 0.1) is 0 Å². The number of nitrogens with one attached hydrogen (secondary N) is 1. The Labute approximate surface area is 81.0 Å². The first-order chi connectivity index (χ1) is 6.09. The van der Waals surface area contributed by atoms with Crippen LogP contribution in [0.3, 0.4) is 0 Å². The molecular formula is C8H13N3OS. The summed E-state index contributed by atoms with van der Waals surface area (Å²) in [6, 6.07) is 1.47. The van der Waals surface area contributed by atoms with Gasteiger partial charge in [-0.15, -0.1) is 0 Å². The minimum absolute atomic E-state index is 0.0792. The largest absolute Gasteiger partial charge is 0.327 e. The molecule has 0 fully saturated rings. The number of nitrogens with zero attached hydrogens (tertiary/aromatic N) is 1. The summed E-state index contributed by atoms with van der Waals surface area (Å²) in [6.07, 6.45) is 1.50. The van der Waals surface area contributed by atoms with E-state index in [1.54, 1.807) is 0 Å². The van der Waals surface area contributed by atoms with Gasteiger partial charge in [-0.05, 0) is 6.92 Å². The van der Waals surface area contributed by atoms with Gasteiger partial charge < -0.3 is 10.7 Å². The van der Waals surface area contributed by atoms with E-state index in [9.17, 15) is 4.79 Å². The van der Waals surface area contributed by atoms with E-state index in [1.165, 1.54) is 24.0 Å². The first-order valence-corrected chi connectivity index (χ1v) is 4.95. The lowest BCUT2D eigenvalue weighted by atomic mass is 10.3. The Morgan fingerprint density at radius 1 is 1.62 bits per heavy atom. The molecule has 0 aliphatic carbocycles. The number of hydrogen-bond acceptors (Lipinski definition) is 4. The van der Waals surface area contributed by atoms with Crippen LogP contribution in [-0.2, 0) is 0 Å². The molecule has 0 spiro atoms. The molecule has 1 aromatic heterocycles. The Bertz CT molecular complexity index is 323. The van der Waals surface area contributed by atoms with Crippen LogP contribution in [0.25, 0.3) is 0 Å². The van der Waals surface area contributed by atoms with E-state index in [-0.39, 0.29) is 16.9 Å². The summed E-state index contributed by atoms with van der Waals surface area (Å²) in [5.74, 6) is 0. The normalized spacial score (nSPS) is 15.3. The molecule has 3 N–H and O–H groups in total.